The van der Waals surface area contributed by atoms with Crippen LogP contribution in [0.25, 0.3) is 0 Å². The monoisotopic (exact) mass is 406 g/mol. The maximum absolute atomic E-state index is 12.5. The molecule has 3 atom stereocenters. The van der Waals surface area contributed by atoms with Crippen molar-refractivity contribution in [2.75, 3.05) is 13.2 Å². The van der Waals surface area contributed by atoms with E-state index < -0.39 is 40.2 Å². The van der Waals surface area contributed by atoms with E-state index >= 15 is 0 Å². The van der Waals surface area contributed by atoms with E-state index in [2.05, 4.69) is 10.5 Å². The maximum atomic E-state index is 12.5. The summed E-state index contributed by atoms with van der Waals surface area (Å²) in [4.78, 5) is 29.7. The molecule has 1 unspecified atom stereocenters. The molecule has 2 heterocycles. The molecule has 1 fully saturated rings. The zero-order valence-electron chi connectivity index (χ0n) is 13.6. The molecule has 0 aromatic carbocycles. The molecular weight excluding hydrogens is 388 g/mol. The number of carbonyl (C=O) groups is 2. The minimum absolute atomic E-state index is 0.129. The molecule has 2 rings (SSSR count). The van der Waals surface area contributed by atoms with Crippen LogP contribution in [0.3, 0.4) is 0 Å². The van der Waals surface area contributed by atoms with Crippen LogP contribution in [0.2, 0.25) is 0 Å². The van der Waals surface area contributed by atoms with Crippen molar-refractivity contribution in [1.82, 2.24) is 9.62 Å². The molecule has 2 amide bonds. The Morgan fingerprint density at radius 1 is 1.58 bits per heavy atom. The lowest BCUT2D eigenvalue weighted by Crippen LogP contribution is -2.71. The predicted octanol–water partition coefficient (Wildman–Crippen LogP) is -1.69. The molecule has 26 heavy (non-hydrogen) atoms. The van der Waals surface area contributed by atoms with Crippen molar-refractivity contribution in [2.24, 2.45) is 10.9 Å². The molecule has 5 N–H and O–H groups in total. The number of nitrogens with two attached hydrogens (primary N) is 1. The molecule has 11 nitrogen and oxygen atoms in total. The van der Waals surface area contributed by atoms with E-state index in [1.54, 1.807) is 17.5 Å². The van der Waals surface area contributed by atoms with E-state index in [9.17, 15) is 18.0 Å². The van der Waals surface area contributed by atoms with Gasteiger partial charge in [0.05, 0.1) is 23.6 Å². The quantitative estimate of drug-likeness (QED) is 0.171. The van der Waals surface area contributed by atoms with Gasteiger partial charge >= 0.3 is 10.3 Å². The lowest BCUT2D eigenvalue weighted by Gasteiger charge is -2.42. The fourth-order valence-electron chi connectivity index (χ4n) is 2.18. The first-order chi connectivity index (χ1) is 12.2. The molecule has 144 valence electrons. The van der Waals surface area contributed by atoms with Crippen LogP contribution < -0.4 is 11.1 Å². The van der Waals surface area contributed by atoms with Gasteiger partial charge in [-0.25, -0.2) is 4.31 Å². The summed E-state index contributed by atoms with van der Waals surface area (Å²) >= 11 is 1.20. The molecule has 0 aliphatic carbocycles. The Kier molecular flexibility index (Phi) is 6.30. The number of thiophene rings is 1. The van der Waals surface area contributed by atoms with E-state index in [0.29, 0.717) is 4.88 Å². The van der Waals surface area contributed by atoms with Gasteiger partial charge in [0.2, 0.25) is 0 Å². The summed E-state index contributed by atoms with van der Waals surface area (Å²) < 4.78 is 31.4. The summed E-state index contributed by atoms with van der Waals surface area (Å²) in [5.74, 6) is -1.72. The number of aliphatic hydroxyl groups excluding tert-OH is 1. The first-order valence-electron chi connectivity index (χ1n) is 7.38. The van der Waals surface area contributed by atoms with E-state index in [1.165, 1.54) is 18.3 Å². The largest absolute Gasteiger partial charge is 0.395 e. The highest BCUT2D eigenvalue weighted by molar-refractivity contribution is 7.84. The van der Waals surface area contributed by atoms with Crippen molar-refractivity contribution in [3.05, 3.63) is 22.4 Å². The number of hydrogen-bond donors (Lipinski definition) is 4. The van der Waals surface area contributed by atoms with Crippen molar-refractivity contribution in [2.45, 2.75) is 25.0 Å². The lowest BCUT2D eigenvalue weighted by molar-refractivity contribution is -0.143. The van der Waals surface area contributed by atoms with Crippen LogP contribution in [0.5, 0.6) is 0 Å². The second-order valence-corrected chi connectivity index (χ2v) is 7.70. The zero-order valence-corrected chi connectivity index (χ0v) is 15.2. The van der Waals surface area contributed by atoms with Crippen molar-refractivity contribution in [3.8, 4) is 0 Å². The van der Waals surface area contributed by atoms with Gasteiger partial charge in [0.15, 0.2) is 5.71 Å². The average molecular weight is 406 g/mol. The van der Waals surface area contributed by atoms with Gasteiger partial charge in [-0.05, 0) is 18.4 Å². The van der Waals surface area contributed by atoms with E-state index in [1.807, 2.05) is 0 Å². The lowest BCUT2D eigenvalue weighted by atomic mass is 10.0. The zero-order chi connectivity index (χ0) is 19.5. The molecule has 0 radical (unpaired) electrons. The third-order valence-electron chi connectivity index (χ3n) is 3.52. The van der Waals surface area contributed by atoms with Gasteiger partial charge in [-0.3, -0.25) is 14.1 Å². The second kappa shape index (κ2) is 8.09. The Hall–Kier alpha value is -2.06. The summed E-state index contributed by atoms with van der Waals surface area (Å²) in [6.07, 6.45) is 0. The van der Waals surface area contributed by atoms with Crippen LogP contribution in [0, 0.1) is 0 Å². The fraction of sp³-hybridized carbons (Fsp3) is 0.462. The average Bonchev–Trinajstić information content (AvgIpc) is 3.09. The van der Waals surface area contributed by atoms with Crippen LogP contribution in [0.4, 0.5) is 0 Å². The Bertz CT molecular complexity index is 793. The standard InChI is InChI=1S/C13H18N4O7S2/c1-7-10(13(20)17(7)26(21,22)23)15-12(19)11(9-3-2-4-25-9)16-24-6-8(14)5-18/h2-4,7-8,10,18H,5-6,14H2,1H3,(H,15,19)(H,21,22,23)/b16-11-/t7-,8?,10-/m0/s1. The number of oxime groups is 1. The Morgan fingerprint density at radius 2 is 2.27 bits per heavy atom. The Morgan fingerprint density at radius 3 is 2.77 bits per heavy atom. The summed E-state index contributed by atoms with van der Waals surface area (Å²) in [5, 5.41) is 16.6. The number of β-lactam (4-membered cyclic amide) rings is 1. The van der Waals surface area contributed by atoms with E-state index in [4.69, 9.17) is 20.2 Å². The predicted molar refractivity (Wildman–Crippen MR) is 91.7 cm³/mol. The van der Waals surface area contributed by atoms with Crippen molar-refractivity contribution in [3.63, 3.8) is 0 Å². The summed E-state index contributed by atoms with van der Waals surface area (Å²) in [6.45, 7) is 0.905. The normalized spacial score (nSPS) is 21.9. The second-order valence-electron chi connectivity index (χ2n) is 5.46. The first-order valence-corrected chi connectivity index (χ1v) is 9.66. The van der Waals surface area contributed by atoms with Gasteiger partial charge in [0, 0.05) is 0 Å². The molecular formula is C13H18N4O7S2. The minimum atomic E-state index is -4.68. The number of aliphatic hydroxyl groups is 1. The number of nitrogens with zero attached hydrogens (tertiary/aromatic N) is 2. The van der Waals surface area contributed by atoms with E-state index in [-0.39, 0.29) is 23.2 Å². The molecule has 0 saturated carbocycles. The van der Waals surface area contributed by atoms with Gasteiger partial charge in [-0.15, -0.1) is 11.3 Å². The number of nitrogens with one attached hydrogen (secondary N) is 1. The molecule has 1 aliphatic heterocycles. The third-order valence-corrected chi connectivity index (χ3v) is 5.41. The highest BCUT2D eigenvalue weighted by atomic mass is 32.2. The Labute approximate surface area is 153 Å². The Balaban J connectivity index is 2.11. The molecule has 1 aromatic heterocycles. The number of hydrogen-bond acceptors (Lipinski definition) is 9. The number of amides is 2. The SMILES string of the molecule is C[C@H]1[C@H](NC(=O)/C(=N\OCC(N)CO)c2cccs2)C(=O)N1S(=O)(=O)O. The van der Waals surface area contributed by atoms with Gasteiger partial charge in [0.25, 0.3) is 11.8 Å². The van der Waals surface area contributed by atoms with Crippen molar-refractivity contribution in [1.29, 1.82) is 0 Å². The number of carbonyl (C=O) groups excluding carboxylic acids is 2. The van der Waals surface area contributed by atoms with Gasteiger partial charge in [-0.1, -0.05) is 11.2 Å². The van der Waals surface area contributed by atoms with Crippen molar-refractivity contribution >= 4 is 39.2 Å². The van der Waals surface area contributed by atoms with Crippen LogP contribution in [0.1, 0.15) is 11.8 Å². The minimum Gasteiger partial charge on any atom is -0.395 e. The van der Waals surface area contributed by atoms with Crippen molar-refractivity contribution < 1.29 is 32.5 Å². The van der Waals surface area contributed by atoms with Crippen LogP contribution in [-0.4, -0.2) is 71.2 Å². The highest BCUT2D eigenvalue weighted by Crippen LogP contribution is 2.23. The summed E-state index contributed by atoms with van der Waals surface area (Å²) in [7, 11) is -4.68. The highest BCUT2D eigenvalue weighted by Gasteiger charge is 2.51. The smallest absolute Gasteiger partial charge is 0.362 e. The molecule has 0 spiro atoms. The summed E-state index contributed by atoms with van der Waals surface area (Å²) in [5.41, 5.74) is 5.36. The molecule has 1 aliphatic rings. The fourth-order valence-corrected chi connectivity index (χ4v) is 3.76. The molecule has 1 aromatic rings. The van der Waals surface area contributed by atoms with Crippen LogP contribution in [0.15, 0.2) is 22.7 Å². The first kappa shape index (κ1) is 20.3. The van der Waals surface area contributed by atoms with Crippen LogP contribution in [-0.2, 0) is 24.7 Å². The van der Waals surface area contributed by atoms with Gasteiger partial charge < -0.3 is 21.0 Å². The maximum Gasteiger partial charge on any atom is 0.362 e. The van der Waals surface area contributed by atoms with Gasteiger partial charge in [0.1, 0.15) is 12.6 Å². The molecule has 0 bridgehead atoms. The van der Waals surface area contributed by atoms with Gasteiger partial charge in [-0.2, -0.15) is 8.42 Å². The third kappa shape index (κ3) is 4.37. The summed E-state index contributed by atoms with van der Waals surface area (Å²) in [6, 6.07) is 0.529. The molecule has 13 heteroatoms. The van der Waals surface area contributed by atoms with E-state index in [0.717, 1.165) is 0 Å². The topological polar surface area (TPSA) is 172 Å². The van der Waals surface area contributed by atoms with Crippen LogP contribution >= 0.6 is 11.3 Å². The number of rotatable bonds is 8. The molecule has 1 saturated heterocycles.